The van der Waals surface area contributed by atoms with Crippen molar-refractivity contribution >= 4 is 27.5 Å². The van der Waals surface area contributed by atoms with Crippen LogP contribution >= 0.6 is 27.5 Å². The van der Waals surface area contributed by atoms with Crippen molar-refractivity contribution in [1.82, 2.24) is 0 Å². The van der Waals surface area contributed by atoms with Crippen LogP contribution in [0, 0.1) is 0 Å². The minimum absolute atomic E-state index is 0.0628. The lowest BCUT2D eigenvalue weighted by Crippen LogP contribution is -2.12. The van der Waals surface area contributed by atoms with E-state index >= 15 is 0 Å². The number of aliphatic hydroxyl groups is 1. The topological polar surface area (TPSA) is 40.5 Å². The molecule has 0 spiro atoms. The molecule has 0 unspecified atom stereocenters. The molecule has 14 heavy (non-hydrogen) atoms. The first kappa shape index (κ1) is 10.3. The number of benzene rings is 1. The zero-order valence-corrected chi connectivity index (χ0v) is 9.77. The SMILES string of the molecule is OCC1(c2cc(Cl)cc(Br)c2O)CC1. The van der Waals surface area contributed by atoms with Crippen LogP contribution in [0.2, 0.25) is 5.02 Å². The Morgan fingerprint density at radius 3 is 2.57 bits per heavy atom. The van der Waals surface area contributed by atoms with Crippen LogP contribution in [0.5, 0.6) is 5.75 Å². The number of hydrogen-bond donors (Lipinski definition) is 2. The van der Waals surface area contributed by atoms with Gasteiger partial charge in [-0.3, -0.25) is 0 Å². The van der Waals surface area contributed by atoms with E-state index in [1.54, 1.807) is 12.1 Å². The van der Waals surface area contributed by atoms with Crippen molar-refractivity contribution < 1.29 is 10.2 Å². The Morgan fingerprint density at radius 1 is 1.43 bits per heavy atom. The average Bonchev–Trinajstić information content (AvgIpc) is 2.92. The van der Waals surface area contributed by atoms with Crippen molar-refractivity contribution in [1.29, 1.82) is 0 Å². The van der Waals surface area contributed by atoms with E-state index < -0.39 is 0 Å². The molecule has 0 atom stereocenters. The Balaban J connectivity index is 2.52. The standard InChI is InChI=1S/C10H10BrClO2/c11-8-4-6(12)3-7(9(8)14)10(5-13)1-2-10/h3-4,13-14H,1-2,5H2. The monoisotopic (exact) mass is 276 g/mol. The van der Waals surface area contributed by atoms with Gasteiger partial charge in [-0.15, -0.1) is 0 Å². The summed E-state index contributed by atoms with van der Waals surface area (Å²) >= 11 is 9.12. The van der Waals surface area contributed by atoms with E-state index in [1.165, 1.54) is 0 Å². The van der Waals surface area contributed by atoms with Crippen LogP contribution in [-0.2, 0) is 5.41 Å². The first-order valence-electron chi connectivity index (χ1n) is 4.38. The van der Waals surface area contributed by atoms with Crippen LogP contribution in [0.1, 0.15) is 18.4 Å². The summed E-state index contributed by atoms with van der Waals surface area (Å²) in [7, 11) is 0. The summed E-state index contributed by atoms with van der Waals surface area (Å²) in [5, 5.41) is 19.6. The number of halogens is 2. The summed E-state index contributed by atoms with van der Waals surface area (Å²) < 4.78 is 0.583. The van der Waals surface area contributed by atoms with E-state index in [1.807, 2.05) is 0 Å². The van der Waals surface area contributed by atoms with Crippen LogP contribution in [0.25, 0.3) is 0 Å². The third-order valence-corrected chi connectivity index (χ3v) is 3.58. The number of aromatic hydroxyl groups is 1. The highest BCUT2D eigenvalue weighted by molar-refractivity contribution is 9.10. The molecule has 0 bridgehead atoms. The van der Waals surface area contributed by atoms with Crippen molar-refractivity contribution in [2.75, 3.05) is 6.61 Å². The molecule has 0 aliphatic heterocycles. The first-order valence-corrected chi connectivity index (χ1v) is 5.55. The van der Waals surface area contributed by atoms with E-state index in [4.69, 9.17) is 11.6 Å². The lowest BCUT2D eigenvalue weighted by molar-refractivity contribution is 0.252. The molecule has 1 aliphatic carbocycles. The van der Waals surface area contributed by atoms with E-state index in [0.29, 0.717) is 9.50 Å². The number of phenols is 1. The van der Waals surface area contributed by atoms with Gasteiger partial charge < -0.3 is 10.2 Å². The van der Waals surface area contributed by atoms with Crippen molar-refractivity contribution in [2.45, 2.75) is 18.3 Å². The van der Waals surface area contributed by atoms with E-state index in [9.17, 15) is 10.2 Å². The third kappa shape index (κ3) is 1.53. The molecule has 1 aromatic carbocycles. The van der Waals surface area contributed by atoms with Gasteiger partial charge in [-0.25, -0.2) is 0 Å². The summed E-state index contributed by atoms with van der Waals surface area (Å²) in [6.07, 6.45) is 1.81. The molecule has 1 saturated carbocycles. The van der Waals surface area contributed by atoms with Crippen LogP contribution in [0.4, 0.5) is 0 Å². The second kappa shape index (κ2) is 3.40. The van der Waals surface area contributed by atoms with Crippen molar-refractivity contribution in [2.24, 2.45) is 0 Å². The highest BCUT2D eigenvalue weighted by Crippen LogP contribution is 2.52. The predicted molar refractivity (Wildman–Crippen MR) is 58.8 cm³/mol. The van der Waals surface area contributed by atoms with E-state index in [2.05, 4.69) is 15.9 Å². The van der Waals surface area contributed by atoms with Crippen molar-refractivity contribution in [3.8, 4) is 5.75 Å². The normalized spacial score (nSPS) is 18.2. The molecule has 4 heteroatoms. The zero-order chi connectivity index (χ0) is 10.3. The Morgan fingerprint density at radius 2 is 2.07 bits per heavy atom. The Labute approximate surface area is 95.6 Å². The average molecular weight is 278 g/mol. The Bertz CT molecular complexity index is 375. The maximum atomic E-state index is 9.81. The fourth-order valence-corrected chi connectivity index (χ4v) is 2.44. The summed E-state index contributed by atoms with van der Waals surface area (Å²) in [5.74, 6) is 0.195. The highest BCUT2D eigenvalue weighted by atomic mass is 79.9. The van der Waals surface area contributed by atoms with Gasteiger partial charge in [-0.1, -0.05) is 11.6 Å². The lowest BCUT2D eigenvalue weighted by atomic mass is 9.96. The second-order valence-corrected chi connectivity index (χ2v) is 5.01. The summed E-state index contributed by atoms with van der Waals surface area (Å²) in [4.78, 5) is 0. The van der Waals surface area contributed by atoms with Gasteiger partial charge in [0.15, 0.2) is 0 Å². The fourth-order valence-electron chi connectivity index (χ4n) is 1.63. The molecule has 0 saturated heterocycles. The number of phenolic OH excluding ortho intramolecular Hbond substituents is 1. The smallest absolute Gasteiger partial charge is 0.133 e. The van der Waals surface area contributed by atoms with Crippen molar-refractivity contribution in [3.05, 3.63) is 27.2 Å². The highest BCUT2D eigenvalue weighted by Gasteiger charge is 2.45. The molecule has 2 N–H and O–H groups in total. The Hall–Kier alpha value is -0.250. The molecule has 76 valence electrons. The van der Waals surface area contributed by atoms with Gasteiger partial charge in [0.1, 0.15) is 5.75 Å². The molecule has 1 aliphatic rings. The van der Waals surface area contributed by atoms with Gasteiger partial charge in [0.05, 0.1) is 11.1 Å². The minimum atomic E-state index is -0.252. The molecule has 1 aromatic rings. The van der Waals surface area contributed by atoms with Crippen molar-refractivity contribution in [3.63, 3.8) is 0 Å². The fraction of sp³-hybridized carbons (Fsp3) is 0.400. The van der Waals surface area contributed by atoms with Gasteiger partial charge in [0.25, 0.3) is 0 Å². The molecular formula is C10H10BrClO2. The first-order chi connectivity index (χ1) is 6.59. The van der Waals surface area contributed by atoms with Crippen LogP contribution in [-0.4, -0.2) is 16.8 Å². The third-order valence-electron chi connectivity index (χ3n) is 2.76. The quantitative estimate of drug-likeness (QED) is 0.873. The van der Waals surface area contributed by atoms with Gasteiger partial charge in [-0.2, -0.15) is 0 Å². The zero-order valence-electron chi connectivity index (χ0n) is 7.43. The maximum Gasteiger partial charge on any atom is 0.133 e. The summed E-state index contributed by atoms with van der Waals surface area (Å²) in [6.45, 7) is 0.0628. The number of hydrogen-bond acceptors (Lipinski definition) is 2. The number of rotatable bonds is 2. The molecule has 0 heterocycles. The predicted octanol–water partition coefficient (Wildman–Crippen LogP) is 2.83. The summed E-state index contributed by atoms with van der Waals surface area (Å²) in [5.41, 5.74) is 0.497. The largest absolute Gasteiger partial charge is 0.506 e. The lowest BCUT2D eigenvalue weighted by Gasteiger charge is -2.15. The molecule has 1 fully saturated rings. The Kier molecular flexibility index (Phi) is 2.50. The molecule has 2 nitrogen and oxygen atoms in total. The van der Waals surface area contributed by atoms with Gasteiger partial charge in [-0.05, 0) is 40.9 Å². The van der Waals surface area contributed by atoms with E-state index in [-0.39, 0.29) is 17.8 Å². The molecule has 0 aromatic heterocycles. The minimum Gasteiger partial charge on any atom is -0.506 e. The molecule has 0 amide bonds. The van der Waals surface area contributed by atoms with E-state index in [0.717, 1.165) is 18.4 Å². The molecular weight excluding hydrogens is 267 g/mol. The van der Waals surface area contributed by atoms with Gasteiger partial charge in [0.2, 0.25) is 0 Å². The molecule has 2 rings (SSSR count). The second-order valence-electron chi connectivity index (χ2n) is 3.72. The summed E-state index contributed by atoms with van der Waals surface area (Å²) in [6, 6.07) is 3.37. The van der Waals surface area contributed by atoms with Crippen LogP contribution in [0.15, 0.2) is 16.6 Å². The van der Waals surface area contributed by atoms with Crippen LogP contribution in [0.3, 0.4) is 0 Å². The van der Waals surface area contributed by atoms with Gasteiger partial charge >= 0.3 is 0 Å². The van der Waals surface area contributed by atoms with Gasteiger partial charge in [0, 0.05) is 16.0 Å². The van der Waals surface area contributed by atoms with Crippen LogP contribution < -0.4 is 0 Å². The maximum absolute atomic E-state index is 9.81. The number of aliphatic hydroxyl groups excluding tert-OH is 1. The molecule has 0 radical (unpaired) electrons.